The molecule has 11 heteroatoms. The summed E-state index contributed by atoms with van der Waals surface area (Å²) >= 11 is 6.09. The molecule has 168 valence electrons. The molecule has 3 rings (SSSR count). The first-order valence-corrected chi connectivity index (χ1v) is 13.9. The zero-order chi connectivity index (χ0) is 22.8. The fourth-order valence-electron chi connectivity index (χ4n) is 2.86. The largest absolute Gasteiger partial charge is 0.408 e. The fourth-order valence-corrected chi connectivity index (χ4v) is 3.77. The van der Waals surface area contributed by atoms with Crippen molar-refractivity contribution in [3.05, 3.63) is 35.7 Å². The number of nitrogens with one attached hydrogen (secondary N) is 1. The lowest BCUT2D eigenvalue weighted by Gasteiger charge is -2.18. The van der Waals surface area contributed by atoms with Gasteiger partial charge >= 0.3 is 6.18 Å². The van der Waals surface area contributed by atoms with Crippen LogP contribution in [0.5, 0.6) is 0 Å². The minimum Gasteiger partial charge on any atom is -0.361 e. The van der Waals surface area contributed by atoms with Gasteiger partial charge in [-0.3, -0.25) is 0 Å². The molecule has 0 radical (unpaired) electrons. The average molecular weight is 472 g/mol. The first kappa shape index (κ1) is 23.5. The van der Waals surface area contributed by atoms with Crippen LogP contribution in [0.25, 0.3) is 22.3 Å². The van der Waals surface area contributed by atoms with E-state index in [9.17, 15) is 13.2 Å². The lowest BCUT2D eigenvalue weighted by molar-refractivity contribution is -0.138. The summed E-state index contributed by atoms with van der Waals surface area (Å²) in [4.78, 5) is 12.3. The van der Waals surface area contributed by atoms with E-state index in [4.69, 9.17) is 16.3 Å². The summed E-state index contributed by atoms with van der Waals surface area (Å²) in [5.74, 6) is -0.102. The van der Waals surface area contributed by atoms with Crippen molar-refractivity contribution in [2.24, 2.45) is 0 Å². The molecule has 3 heterocycles. The third kappa shape index (κ3) is 6.17. The van der Waals surface area contributed by atoms with E-state index < -0.39 is 20.3 Å². The summed E-state index contributed by atoms with van der Waals surface area (Å²) in [7, 11) is -1.24. The highest BCUT2D eigenvalue weighted by Gasteiger charge is 2.36. The highest BCUT2D eigenvalue weighted by molar-refractivity contribution is 6.76. The van der Waals surface area contributed by atoms with Crippen molar-refractivity contribution >= 4 is 36.5 Å². The maximum absolute atomic E-state index is 12.9. The Hall–Kier alpha value is -2.17. The average Bonchev–Trinajstić information content (AvgIpc) is 3.02. The summed E-state index contributed by atoms with van der Waals surface area (Å²) < 4.78 is 46.5. The van der Waals surface area contributed by atoms with Crippen LogP contribution in [0.3, 0.4) is 0 Å². The molecule has 0 spiro atoms. The van der Waals surface area contributed by atoms with Crippen LogP contribution in [0.2, 0.25) is 30.8 Å². The number of aromatic nitrogens is 4. The number of rotatable bonds is 8. The van der Waals surface area contributed by atoms with Crippen molar-refractivity contribution in [2.75, 3.05) is 11.9 Å². The maximum atomic E-state index is 12.9. The van der Waals surface area contributed by atoms with Gasteiger partial charge in [-0.2, -0.15) is 13.2 Å². The first-order chi connectivity index (χ1) is 14.4. The highest BCUT2D eigenvalue weighted by Crippen LogP contribution is 2.29. The third-order valence-corrected chi connectivity index (χ3v) is 6.63. The van der Waals surface area contributed by atoms with Crippen molar-refractivity contribution in [1.29, 1.82) is 0 Å². The van der Waals surface area contributed by atoms with Crippen LogP contribution in [0.4, 0.5) is 19.1 Å². The van der Waals surface area contributed by atoms with E-state index in [0.29, 0.717) is 23.1 Å². The van der Waals surface area contributed by atoms with Gasteiger partial charge in [-0.05, 0) is 31.2 Å². The zero-order valence-electron chi connectivity index (χ0n) is 17.8. The van der Waals surface area contributed by atoms with Gasteiger partial charge in [0.05, 0.1) is 16.9 Å². The Kier molecular flexibility index (Phi) is 6.92. The van der Waals surface area contributed by atoms with Gasteiger partial charge in [0.25, 0.3) is 0 Å². The van der Waals surface area contributed by atoms with Gasteiger partial charge < -0.3 is 14.6 Å². The molecule has 0 amide bonds. The van der Waals surface area contributed by atoms with Gasteiger partial charge in [0.1, 0.15) is 17.9 Å². The second kappa shape index (κ2) is 9.13. The van der Waals surface area contributed by atoms with Crippen molar-refractivity contribution in [1.82, 2.24) is 19.5 Å². The molecule has 1 N–H and O–H groups in total. The summed E-state index contributed by atoms with van der Waals surface area (Å²) in [5.41, 5.74) is 1.95. The summed E-state index contributed by atoms with van der Waals surface area (Å²) in [6, 6.07) is 4.47. The maximum Gasteiger partial charge on any atom is 0.408 e. The standard InChI is InChI=1S/C20H25ClF3N5OSi/c1-13(20(22,23)24)27-19-25-6-5-15(28-19)17-9-14-11-26-18(21)10-16(14)29(17)12-30-7-8-31(2,3)4/h5-6,9-11,13H,7-8,12H2,1-4H3,(H,25,27,28). The minimum atomic E-state index is -4.40. The quantitative estimate of drug-likeness (QED) is 0.254. The Morgan fingerprint density at radius 2 is 1.97 bits per heavy atom. The third-order valence-electron chi connectivity index (χ3n) is 4.72. The van der Waals surface area contributed by atoms with Crippen molar-refractivity contribution in [3.8, 4) is 11.4 Å². The molecule has 3 aromatic rings. The first-order valence-electron chi connectivity index (χ1n) is 9.83. The van der Waals surface area contributed by atoms with E-state index in [1.807, 2.05) is 10.6 Å². The van der Waals surface area contributed by atoms with Crippen LogP contribution in [-0.4, -0.2) is 46.4 Å². The minimum absolute atomic E-state index is 0.102. The Labute approximate surface area is 184 Å². The van der Waals surface area contributed by atoms with E-state index >= 15 is 0 Å². The molecule has 0 fully saturated rings. The van der Waals surface area contributed by atoms with Gasteiger partial charge in [0.2, 0.25) is 5.95 Å². The van der Waals surface area contributed by atoms with Crippen LogP contribution in [0, 0.1) is 0 Å². The molecule has 0 aliphatic carbocycles. The molecule has 1 atom stereocenters. The van der Waals surface area contributed by atoms with Crippen LogP contribution >= 0.6 is 11.6 Å². The summed E-state index contributed by atoms with van der Waals surface area (Å²) in [5, 5.41) is 3.47. The second-order valence-corrected chi connectivity index (χ2v) is 14.6. The van der Waals surface area contributed by atoms with E-state index in [0.717, 1.165) is 23.9 Å². The number of hydrogen-bond acceptors (Lipinski definition) is 5. The molecule has 0 aliphatic heterocycles. The summed E-state index contributed by atoms with van der Waals surface area (Å²) in [6.07, 6.45) is -1.33. The van der Waals surface area contributed by atoms with E-state index in [1.54, 1.807) is 18.3 Å². The van der Waals surface area contributed by atoms with Crippen molar-refractivity contribution < 1.29 is 17.9 Å². The van der Waals surface area contributed by atoms with Crippen LogP contribution in [-0.2, 0) is 11.5 Å². The van der Waals surface area contributed by atoms with Gasteiger partial charge in [-0.25, -0.2) is 15.0 Å². The number of hydrogen-bond donors (Lipinski definition) is 1. The predicted octanol–water partition coefficient (Wildman–Crippen LogP) is 5.82. The van der Waals surface area contributed by atoms with Crippen molar-refractivity contribution in [2.45, 2.75) is 51.6 Å². The molecule has 0 saturated heterocycles. The SMILES string of the molecule is CC(Nc1nccc(-c2cc3cnc(Cl)cc3n2COCC[Si](C)(C)C)n1)C(F)(F)F. The number of ether oxygens (including phenoxy) is 1. The number of nitrogens with zero attached hydrogens (tertiary/aromatic N) is 4. The Morgan fingerprint density at radius 3 is 2.65 bits per heavy atom. The molecule has 0 aromatic carbocycles. The molecule has 1 unspecified atom stereocenters. The summed E-state index contributed by atoms with van der Waals surface area (Å²) in [6.45, 7) is 8.72. The molecule has 0 aliphatic rings. The lowest BCUT2D eigenvalue weighted by atomic mass is 10.2. The van der Waals surface area contributed by atoms with E-state index in [2.05, 4.69) is 39.9 Å². The monoisotopic (exact) mass is 471 g/mol. The zero-order valence-corrected chi connectivity index (χ0v) is 19.6. The topological polar surface area (TPSA) is 64.9 Å². The number of halogens is 4. The normalized spacial score (nSPS) is 13.5. The number of alkyl halides is 3. The van der Waals surface area contributed by atoms with Gasteiger partial charge in [-0.1, -0.05) is 31.2 Å². The van der Waals surface area contributed by atoms with Gasteiger partial charge in [0, 0.05) is 32.5 Å². The fraction of sp³-hybridized carbons (Fsp3) is 0.450. The van der Waals surface area contributed by atoms with Crippen molar-refractivity contribution in [3.63, 3.8) is 0 Å². The molecule has 3 aromatic heterocycles. The predicted molar refractivity (Wildman–Crippen MR) is 119 cm³/mol. The number of fused-ring (bicyclic) bond motifs is 1. The van der Waals surface area contributed by atoms with Gasteiger partial charge in [-0.15, -0.1) is 0 Å². The highest BCUT2D eigenvalue weighted by atomic mass is 35.5. The Balaban J connectivity index is 1.93. The smallest absolute Gasteiger partial charge is 0.361 e. The number of anilines is 1. The molecule has 0 bridgehead atoms. The Bertz CT molecular complexity index is 1050. The Morgan fingerprint density at radius 1 is 1.23 bits per heavy atom. The molecule has 31 heavy (non-hydrogen) atoms. The second-order valence-electron chi connectivity index (χ2n) is 8.54. The number of pyridine rings is 1. The molecule has 6 nitrogen and oxygen atoms in total. The van der Waals surface area contributed by atoms with Gasteiger partial charge in [0.15, 0.2) is 0 Å². The van der Waals surface area contributed by atoms with Crippen LogP contribution in [0.15, 0.2) is 30.6 Å². The van der Waals surface area contributed by atoms with Crippen LogP contribution < -0.4 is 5.32 Å². The van der Waals surface area contributed by atoms with E-state index in [-0.39, 0.29) is 12.7 Å². The molecular weight excluding hydrogens is 447 g/mol. The van der Waals surface area contributed by atoms with Crippen LogP contribution in [0.1, 0.15) is 6.92 Å². The lowest BCUT2D eigenvalue weighted by Crippen LogP contribution is -2.33. The molecular formula is C20H25ClF3N5OSi. The molecule has 0 saturated carbocycles. The van der Waals surface area contributed by atoms with E-state index in [1.165, 1.54) is 6.20 Å².